The summed E-state index contributed by atoms with van der Waals surface area (Å²) in [5, 5.41) is 6.44. The second kappa shape index (κ2) is 8.81. The second-order valence-corrected chi connectivity index (χ2v) is 4.92. The van der Waals surface area contributed by atoms with E-state index in [0.717, 1.165) is 25.5 Å². The van der Waals surface area contributed by atoms with Gasteiger partial charge in [-0.05, 0) is 24.5 Å². The number of halogens is 1. The molecule has 118 valence electrons. The van der Waals surface area contributed by atoms with Crippen LogP contribution in [0.15, 0.2) is 48.0 Å². The van der Waals surface area contributed by atoms with Crippen LogP contribution in [-0.4, -0.2) is 35.6 Å². The Morgan fingerprint density at radius 1 is 1.27 bits per heavy atom. The van der Waals surface area contributed by atoms with E-state index >= 15 is 0 Å². The molecule has 1 heterocycles. The van der Waals surface area contributed by atoms with Crippen LogP contribution in [-0.2, 0) is 13.0 Å². The molecule has 2 N–H and O–H groups in total. The molecule has 1 aromatic heterocycles. The van der Waals surface area contributed by atoms with Crippen molar-refractivity contribution in [3.8, 4) is 0 Å². The van der Waals surface area contributed by atoms with Gasteiger partial charge in [0.05, 0.1) is 6.33 Å². The van der Waals surface area contributed by atoms with E-state index in [1.54, 1.807) is 25.4 Å². The molecule has 1 aromatic carbocycles. The quantitative estimate of drug-likeness (QED) is 0.466. The standard InChI is InChI=1S/C16H22FN5/c1-18-16(20-8-4-11-22-12-10-19-13-22)21-9-7-14-5-2-3-6-15(14)17/h2-3,5-6,10,12-13H,4,7-9,11H2,1H3,(H2,18,20,21). The summed E-state index contributed by atoms with van der Waals surface area (Å²) in [6.45, 7) is 2.37. The summed E-state index contributed by atoms with van der Waals surface area (Å²) in [6, 6.07) is 6.84. The summed E-state index contributed by atoms with van der Waals surface area (Å²) in [4.78, 5) is 8.16. The maximum absolute atomic E-state index is 13.5. The Hall–Kier alpha value is -2.37. The molecule has 0 saturated carbocycles. The summed E-state index contributed by atoms with van der Waals surface area (Å²) in [6.07, 6.45) is 7.13. The Kier molecular flexibility index (Phi) is 6.41. The molecule has 0 aliphatic carbocycles. The number of nitrogens with one attached hydrogen (secondary N) is 2. The van der Waals surface area contributed by atoms with Gasteiger partial charge in [0.1, 0.15) is 5.82 Å². The molecular weight excluding hydrogens is 281 g/mol. The molecule has 0 fully saturated rings. The van der Waals surface area contributed by atoms with Gasteiger partial charge in [0.15, 0.2) is 5.96 Å². The maximum atomic E-state index is 13.5. The van der Waals surface area contributed by atoms with E-state index in [1.807, 2.05) is 23.2 Å². The van der Waals surface area contributed by atoms with Crippen molar-refractivity contribution in [1.82, 2.24) is 20.2 Å². The molecule has 0 aliphatic rings. The fourth-order valence-corrected chi connectivity index (χ4v) is 2.12. The van der Waals surface area contributed by atoms with Crippen LogP contribution in [0.2, 0.25) is 0 Å². The molecule has 2 rings (SSSR count). The van der Waals surface area contributed by atoms with Gasteiger partial charge in [0, 0.05) is 39.1 Å². The van der Waals surface area contributed by atoms with Crippen molar-refractivity contribution in [2.45, 2.75) is 19.4 Å². The van der Waals surface area contributed by atoms with E-state index in [0.29, 0.717) is 18.5 Å². The number of hydrogen-bond acceptors (Lipinski definition) is 2. The highest BCUT2D eigenvalue weighted by Crippen LogP contribution is 2.05. The third-order valence-electron chi connectivity index (χ3n) is 3.31. The van der Waals surface area contributed by atoms with E-state index in [2.05, 4.69) is 20.6 Å². The lowest BCUT2D eigenvalue weighted by Gasteiger charge is -2.12. The third-order valence-corrected chi connectivity index (χ3v) is 3.31. The molecular formula is C16H22FN5. The summed E-state index contributed by atoms with van der Waals surface area (Å²) < 4.78 is 15.5. The highest BCUT2D eigenvalue weighted by molar-refractivity contribution is 5.79. The Labute approximate surface area is 130 Å². The minimum Gasteiger partial charge on any atom is -0.356 e. The van der Waals surface area contributed by atoms with Gasteiger partial charge < -0.3 is 15.2 Å². The number of rotatable bonds is 7. The zero-order valence-corrected chi connectivity index (χ0v) is 12.8. The summed E-state index contributed by atoms with van der Waals surface area (Å²) in [7, 11) is 1.73. The Bertz CT molecular complexity index is 580. The molecule has 2 aromatic rings. The van der Waals surface area contributed by atoms with Crippen molar-refractivity contribution in [3.63, 3.8) is 0 Å². The molecule has 0 radical (unpaired) electrons. The molecule has 0 bridgehead atoms. The number of aryl methyl sites for hydroxylation is 1. The molecule has 0 unspecified atom stereocenters. The lowest BCUT2D eigenvalue weighted by Crippen LogP contribution is -2.39. The van der Waals surface area contributed by atoms with Gasteiger partial charge in [-0.15, -0.1) is 0 Å². The Balaban J connectivity index is 1.64. The van der Waals surface area contributed by atoms with Gasteiger partial charge >= 0.3 is 0 Å². The average Bonchev–Trinajstić information content (AvgIpc) is 3.05. The second-order valence-electron chi connectivity index (χ2n) is 4.92. The first-order valence-electron chi connectivity index (χ1n) is 7.43. The van der Waals surface area contributed by atoms with Gasteiger partial charge in [-0.2, -0.15) is 0 Å². The first-order valence-corrected chi connectivity index (χ1v) is 7.43. The van der Waals surface area contributed by atoms with Crippen LogP contribution in [0.1, 0.15) is 12.0 Å². The van der Waals surface area contributed by atoms with E-state index in [1.165, 1.54) is 6.07 Å². The van der Waals surface area contributed by atoms with Crippen LogP contribution in [0.3, 0.4) is 0 Å². The van der Waals surface area contributed by atoms with E-state index in [9.17, 15) is 4.39 Å². The van der Waals surface area contributed by atoms with Crippen molar-refractivity contribution in [3.05, 3.63) is 54.4 Å². The molecule has 0 spiro atoms. The van der Waals surface area contributed by atoms with Gasteiger partial charge in [-0.25, -0.2) is 9.37 Å². The van der Waals surface area contributed by atoms with Crippen molar-refractivity contribution in [1.29, 1.82) is 0 Å². The Morgan fingerprint density at radius 3 is 2.82 bits per heavy atom. The zero-order chi connectivity index (χ0) is 15.6. The summed E-state index contributed by atoms with van der Waals surface area (Å²) in [5.41, 5.74) is 0.713. The van der Waals surface area contributed by atoms with Crippen LogP contribution in [0.5, 0.6) is 0 Å². The molecule has 0 amide bonds. The molecule has 0 atom stereocenters. The van der Waals surface area contributed by atoms with Gasteiger partial charge in [0.25, 0.3) is 0 Å². The number of guanidine groups is 1. The molecule has 5 nitrogen and oxygen atoms in total. The van der Waals surface area contributed by atoms with E-state index in [-0.39, 0.29) is 5.82 Å². The van der Waals surface area contributed by atoms with E-state index < -0.39 is 0 Å². The number of benzene rings is 1. The molecule has 0 saturated heterocycles. The lowest BCUT2D eigenvalue weighted by molar-refractivity contribution is 0.605. The summed E-state index contributed by atoms with van der Waals surface area (Å²) >= 11 is 0. The number of imidazole rings is 1. The number of aromatic nitrogens is 2. The van der Waals surface area contributed by atoms with Crippen molar-refractivity contribution in [2.24, 2.45) is 4.99 Å². The maximum Gasteiger partial charge on any atom is 0.190 e. The topological polar surface area (TPSA) is 54.2 Å². The van der Waals surface area contributed by atoms with Crippen LogP contribution in [0.25, 0.3) is 0 Å². The minimum atomic E-state index is -0.160. The SMILES string of the molecule is CN=C(NCCCn1ccnc1)NCCc1ccccc1F. The highest BCUT2D eigenvalue weighted by atomic mass is 19.1. The highest BCUT2D eigenvalue weighted by Gasteiger charge is 2.01. The van der Waals surface area contributed by atoms with Crippen molar-refractivity contribution >= 4 is 5.96 Å². The monoisotopic (exact) mass is 303 g/mol. The van der Waals surface area contributed by atoms with Gasteiger partial charge in [-0.3, -0.25) is 4.99 Å². The first kappa shape index (κ1) is 16.0. The smallest absolute Gasteiger partial charge is 0.190 e. The third kappa shape index (κ3) is 5.20. The van der Waals surface area contributed by atoms with Crippen LogP contribution in [0, 0.1) is 5.82 Å². The van der Waals surface area contributed by atoms with Crippen molar-refractivity contribution in [2.75, 3.05) is 20.1 Å². The predicted molar refractivity (Wildman–Crippen MR) is 86.3 cm³/mol. The van der Waals surface area contributed by atoms with Gasteiger partial charge in [0.2, 0.25) is 0 Å². The van der Waals surface area contributed by atoms with Crippen LogP contribution < -0.4 is 10.6 Å². The first-order chi connectivity index (χ1) is 10.8. The van der Waals surface area contributed by atoms with Gasteiger partial charge in [-0.1, -0.05) is 18.2 Å². The fourth-order valence-electron chi connectivity index (χ4n) is 2.12. The van der Waals surface area contributed by atoms with E-state index in [4.69, 9.17) is 0 Å². The normalized spacial score (nSPS) is 11.5. The van der Waals surface area contributed by atoms with Crippen LogP contribution in [0.4, 0.5) is 4.39 Å². The lowest BCUT2D eigenvalue weighted by atomic mass is 10.1. The number of nitrogens with zero attached hydrogens (tertiary/aromatic N) is 3. The molecule has 6 heteroatoms. The number of hydrogen-bond donors (Lipinski definition) is 2. The summed E-state index contributed by atoms with van der Waals surface area (Å²) in [5.74, 6) is 0.578. The number of aliphatic imine (C=N–C) groups is 1. The average molecular weight is 303 g/mol. The van der Waals surface area contributed by atoms with Crippen LogP contribution >= 0.6 is 0 Å². The zero-order valence-electron chi connectivity index (χ0n) is 12.8. The van der Waals surface area contributed by atoms with Crippen molar-refractivity contribution < 1.29 is 4.39 Å². The largest absolute Gasteiger partial charge is 0.356 e. The fraction of sp³-hybridized carbons (Fsp3) is 0.375. The predicted octanol–water partition coefficient (Wildman–Crippen LogP) is 1.82. The minimum absolute atomic E-state index is 0.160. The molecule has 0 aliphatic heterocycles. The molecule has 22 heavy (non-hydrogen) atoms. The Morgan fingerprint density at radius 2 is 2.09 bits per heavy atom.